The number of aryl methyl sites for hydroxylation is 1. The van der Waals surface area contributed by atoms with E-state index in [4.69, 9.17) is 5.11 Å². The number of carboxylic acid groups (broad SMARTS) is 1. The van der Waals surface area contributed by atoms with Crippen LogP contribution in [-0.4, -0.2) is 60.7 Å². The van der Waals surface area contributed by atoms with E-state index in [1.54, 1.807) is 0 Å². The molecule has 3 rings (SSSR count). The Kier molecular flexibility index (Phi) is 9.28. The molecule has 0 radical (unpaired) electrons. The molecule has 7 nitrogen and oxygen atoms in total. The number of β-amino-alcohol motifs (C(OH)–C–C–N with tert-alkyl or cyclic N) is 1. The van der Waals surface area contributed by atoms with E-state index in [9.17, 15) is 31.5 Å². The molecular weight excluding hydrogens is 521 g/mol. The van der Waals surface area contributed by atoms with E-state index in [2.05, 4.69) is 17.4 Å². The number of carboxylic acids is 1. The van der Waals surface area contributed by atoms with Crippen LogP contribution in [0, 0.1) is 5.92 Å². The molecule has 0 heterocycles. The van der Waals surface area contributed by atoms with Crippen molar-refractivity contribution < 1.29 is 36.6 Å². The summed E-state index contributed by atoms with van der Waals surface area (Å²) in [5.74, 6) is -0.801. The summed E-state index contributed by atoms with van der Waals surface area (Å²) in [7, 11) is -3.14. The number of hydrogen-bond acceptors (Lipinski definition) is 5. The highest BCUT2D eigenvalue weighted by molar-refractivity contribution is 7.89. The van der Waals surface area contributed by atoms with Crippen LogP contribution in [0.5, 0.6) is 0 Å². The summed E-state index contributed by atoms with van der Waals surface area (Å²) in [5.41, 5.74) is 0.899. The number of nitrogens with zero attached hydrogens (tertiary/aromatic N) is 1. The Balaban J connectivity index is 1.60. The van der Waals surface area contributed by atoms with E-state index < -0.39 is 45.2 Å². The van der Waals surface area contributed by atoms with Crippen molar-refractivity contribution in [3.05, 3.63) is 64.7 Å². The fourth-order valence-corrected chi connectivity index (χ4v) is 6.30. The molecule has 0 spiro atoms. The molecule has 3 N–H and O–H groups in total. The average Bonchev–Trinajstić information content (AvgIpc) is 3.22. The predicted molar refractivity (Wildman–Crippen MR) is 137 cm³/mol. The zero-order valence-corrected chi connectivity index (χ0v) is 22.6. The summed E-state index contributed by atoms with van der Waals surface area (Å²) in [6.45, 7) is 3.83. The van der Waals surface area contributed by atoms with Gasteiger partial charge in [-0.05, 0) is 74.3 Å². The molecule has 210 valence electrons. The number of fused-ring (bicyclic) bond motifs is 1. The molecule has 0 saturated carbocycles. The van der Waals surface area contributed by atoms with Gasteiger partial charge < -0.3 is 15.5 Å². The Morgan fingerprint density at radius 2 is 1.74 bits per heavy atom. The van der Waals surface area contributed by atoms with E-state index in [1.807, 2.05) is 26.0 Å². The molecule has 38 heavy (non-hydrogen) atoms. The number of halogens is 3. The third kappa shape index (κ3) is 7.78. The van der Waals surface area contributed by atoms with Crippen molar-refractivity contribution in [1.29, 1.82) is 0 Å². The van der Waals surface area contributed by atoms with Crippen molar-refractivity contribution in [1.82, 2.24) is 9.62 Å². The number of aliphatic hydroxyl groups is 1. The molecule has 1 aliphatic carbocycles. The molecule has 1 atom stereocenters. The van der Waals surface area contributed by atoms with Gasteiger partial charge in [-0.2, -0.15) is 17.5 Å². The maximum absolute atomic E-state index is 13.6. The molecule has 0 saturated heterocycles. The number of benzene rings is 2. The normalized spacial score (nSPS) is 15.6. The fraction of sp³-hybridized carbons (Fsp3) is 0.519. The molecule has 2 aromatic rings. The van der Waals surface area contributed by atoms with Gasteiger partial charge in [0.25, 0.3) is 0 Å². The number of aliphatic carboxylic acids is 1. The third-order valence-corrected chi connectivity index (χ3v) is 8.74. The van der Waals surface area contributed by atoms with E-state index >= 15 is 0 Å². The quantitative estimate of drug-likeness (QED) is 0.367. The van der Waals surface area contributed by atoms with Crippen molar-refractivity contribution in [2.24, 2.45) is 5.92 Å². The first-order valence-corrected chi connectivity index (χ1v) is 13.9. The Morgan fingerprint density at radius 1 is 1.13 bits per heavy atom. The first-order chi connectivity index (χ1) is 17.6. The van der Waals surface area contributed by atoms with Gasteiger partial charge in [-0.3, -0.25) is 4.79 Å². The van der Waals surface area contributed by atoms with Gasteiger partial charge in [0.05, 0.1) is 16.6 Å². The van der Waals surface area contributed by atoms with Gasteiger partial charge in [-0.1, -0.05) is 30.3 Å². The van der Waals surface area contributed by atoms with Gasteiger partial charge in [-0.15, -0.1) is 0 Å². The molecule has 2 aromatic carbocycles. The van der Waals surface area contributed by atoms with Crippen LogP contribution in [0.2, 0.25) is 0 Å². The zero-order valence-electron chi connectivity index (χ0n) is 21.8. The highest BCUT2D eigenvalue weighted by atomic mass is 32.2. The summed E-state index contributed by atoms with van der Waals surface area (Å²) in [6.07, 6.45) is -4.01. The van der Waals surface area contributed by atoms with Crippen molar-refractivity contribution in [3.8, 4) is 0 Å². The number of aliphatic hydroxyl groups excluding tert-OH is 1. The number of rotatable bonds is 12. The van der Waals surface area contributed by atoms with Crippen LogP contribution in [0.3, 0.4) is 0 Å². The van der Waals surface area contributed by atoms with Crippen LogP contribution in [0.25, 0.3) is 0 Å². The highest BCUT2D eigenvalue weighted by Crippen LogP contribution is 2.35. The monoisotopic (exact) mass is 556 g/mol. The van der Waals surface area contributed by atoms with Crippen LogP contribution in [0.15, 0.2) is 47.4 Å². The Bertz CT molecular complexity index is 1220. The van der Waals surface area contributed by atoms with Gasteiger partial charge in [0.2, 0.25) is 10.0 Å². The van der Waals surface area contributed by atoms with Crippen LogP contribution in [0.4, 0.5) is 13.2 Å². The largest absolute Gasteiger partial charge is 0.481 e. The van der Waals surface area contributed by atoms with Gasteiger partial charge >= 0.3 is 12.1 Å². The van der Waals surface area contributed by atoms with Crippen molar-refractivity contribution in [2.45, 2.75) is 68.7 Å². The molecule has 0 bridgehead atoms. The minimum atomic E-state index is -4.85. The predicted octanol–water partition coefficient (Wildman–Crippen LogP) is 3.88. The maximum Gasteiger partial charge on any atom is 0.416 e. The minimum Gasteiger partial charge on any atom is -0.481 e. The van der Waals surface area contributed by atoms with Crippen molar-refractivity contribution in [2.75, 3.05) is 20.1 Å². The molecular formula is C27H35F3N2O5S. The van der Waals surface area contributed by atoms with E-state index in [0.29, 0.717) is 12.0 Å². The van der Waals surface area contributed by atoms with E-state index in [-0.39, 0.29) is 30.6 Å². The topological polar surface area (TPSA) is 107 Å². The summed E-state index contributed by atoms with van der Waals surface area (Å²) in [5, 5.41) is 22.6. The summed E-state index contributed by atoms with van der Waals surface area (Å²) in [6, 6.07) is 10.9. The number of sulfonamides is 1. The Morgan fingerprint density at radius 3 is 2.29 bits per heavy atom. The number of alkyl halides is 3. The van der Waals surface area contributed by atoms with E-state index in [0.717, 1.165) is 35.7 Å². The molecule has 0 amide bonds. The van der Waals surface area contributed by atoms with Gasteiger partial charge in [-0.25, -0.2) is 8.42 Å². The van der Waals surface area contributed by atoms with E-state index in [1.165, 1.54) is 18.2 Å². The summed E-state index contributed by atoms with van der Waals surface area (Å²) in [4.78, 5) is 10.2. The van der Waals surface area contributed by atoms with Crippen LogP contribution >= 0.6 is 0 Å². The number of carbonyl (C=O) groups is 1. The molecule has 0 aliphatic heterocycles. The SMILES string of the molecule is CN(C[C@H](O)CNC(C)(C)CC1Cc2ccccc2C1)S(=O)(=O)c1ccc(CCC(=O)O)c(C(F)(F)F)c1. The lowest BCUT2D eigenvalue weighted by atomic mass is 9.88. The smallest absolute Gasteiger partial charge is 0.416 e. The fourth-order valence-electron chi connectivity index (χ4n) is 5.06. The lowest BCUT2D eigenvalue weighted by molar-refractivity contribution is -0.140. The van der Waals surface area contributed by atoms with Crippen molar-refractivity contribution >= 4 is 16.0 Å². The van der Waals surface area contributed by atoms with Crippen LogP contribution in [0.1, 0.15) is 48.9 Å². The van der Waals surface area contributed by atoms with Crippen LogP contribution in [-0.2, 0) is 40.3 Å². The Labute approximate surface area is 221 Å². The van der Waals surface area contributed by atoms with Gasteiger partial charge in [0, 0.05) is 32.1 Å². The second kappa shape index (κ2) is 11.7. The third-order valence-electron chi connectivity index (χ3n) is 6.92. The molecule has 11 heteroatoms. The lowest BCUT2D eigenvalue weighted by Gasteiger charge is -2.31. The first kappa shape index (κ1) is 30.1. The lowest BCUT2D eigenvalue weighted by Crippen LogP contribution is -2.47. The van der Waals surface area contributed by atoms with Gasteiger partial charge in [0.1, 0.15) is 0 Å². The first-order valence-electron chi connectivity index (χ1n) is 12.5. The number of likely N-dealkylation sites (N-methyl/N-ethyl adjacent to an activating group) is 1. The minimum absolute atomic E-state index is 0.106. The average molecular weight is 557 g/mol. The molecule has 0 fully saturated rings. The standard InChI is InChI=1S/C27H35F3N2O5S/c1-26(2,15-18-12-20-6-4-5-7-21(20)13-18)31-16-22(33)17-32(3)38(36,37)23-10-8-19(9-11-25(34)35)24(14-23)27(28,29)30/h4-8,10,14,18,22,31,33H,9,11-13,15-17H2,1-3H3,(H,34,35)/t22-/m1/s1. The number of hydrogen-bond donors (Lipinski definition) is 3. The molecule has 0 aromatic heterocycles. The zero-order chi connectivity index (χ0) is 28.3. The number of nitrogens with one attached hydrogen (secondary N) is 1. The second-order valence-electron chi connectivity index (χ2n) is 10.7. The van der Waals surface area contributed by atoms with Crippen LogP contribution < -0.4 is 5.32 Å². The highest BCUT2D eigenvalue weighted by Gasteiger charge is 2.36. The maximum atomic E-state index is 13.6. The second-order valence-corrected chi connectivity index (χ2v) is 12.7. The Hall–Kier alpha value is -2.47. The molecule has 1 aliphatic rings. The van der Waals surface area contributed by atoms with Gasteiger partial charge in [0.15, 0.2) is 0 Å². The summed E-state index contributed by atoms with van der Waals surface area (Å²) >= 11 is 0. The molecule has 0 unspecified atom stereocenters. The van der Waals surface area contributed by atoms with Crippen molar-refractivity contribution in [3.63, 3.8) is 0 Å². The summed E-state index contributed by atoms with van der Waals surface area (Å²) < 4.78 is 67.6.